The molecule has 14 heteroatoms. The van der Waals surface area contributed by atoms with Crippen molar-refractivity contribution in [1.29, 1.82) is 0 Å². The molecule has 0 bridgehead atoms. The Hall–Kier alpha value is -4.75. The summed E-state index contributed by atoms with van der Waals surface area (Å²) in [5, 5.41) is 25.7. The van der Waals surface area contributed by atoms with Crippen molar-refractivity contribution < 1.29 is 27.8 Å². The fraction of sp³-hybridized carbons (Fsp3) is 0.143. The second-order valence-corrected chi connectivity index (χ2v) is 7.18. The highest BCUT2D eigenvalue weighted by Gasteiger charge is 2.33. The largest absolute Gasteiger partial charge is 0.416 e. The second kappa shape index (κ2) is 10.0. The summed E-state index contributed by atoms with van der Waals surface area (Å²) in [4.78, 5) is 37.6. The summed E-state index contributed by atoms with van der Waals surface area (Å²) in [7, 11) is 0. The van der Waals surface area contributed by atoms with E-state index in [1.165, 1.54) is 12.1 Å². The smallest absolute Gasteiger partial charge is 0.371 e. The summed E-state index contributed by atoms with van der Waals surface area (Å²) in [5.74, 6) is -0.911. The van der Waals surface area contributed by atoms with Gasteiger partial charge in [-0.25, -0.2) is 0 Å². The third-order valence-corrected chi connectivity index (χ3v) is 4.79. The van der Waals surface area contributed by atoms with Crippen LogP contribution in [-0.2, 0) is 6.18 Å². The Bertz CT molecular complexity index is 1270. The van der Waals surface area contributed by atoms with Crippen molar-refractivity contribution >= 4 is 28.7 Å². The van der Waals surface area contributed by atoms with Gasteiger partial charge in [0, 0.05) is 23.9 Å². The van der Waals surface area contributed by atoms with Crippen LogP contribution in [-0.4, -0.2) is 20.7 Å². The number of amides is 1. The number of aromatic nitrogens is 1. The number of hydrazine groups is 1. The highest BCUT2D eigenvalue weighted by atomic mass is 19.4. The van der Waals surface area contributed by atoms with Crippen LogP contribution in [0, 0.1) is 20.2 Å². The predicted molar refractivity (Wildman–Crippen MR) is 119 cm³/mol. The van der Waals surface area contributed by atoms with Gasteiger partial charge in [0.25, 0.3) is 17.3 Å². The topological polar surface area (TPSA) is 152 Å². The van der Waals surface area contributed by atoms with Gasteiger partial charge < -0.3 is 5.32 Å². The maximum absolute atomic E-state index is 12.8. The number of hydrogen-bond acceptors (Lipinski definition) is 8. The first-order valence-electron chi connectivity index (χ1n) is 9.85. The van der Waals surface area contributed by atoms with Crippen LogP contribution < -0.4 is 16.2 Å². The molecule has 1 heterocycles. The van der Waals surface area contributed by atoms with E-state index in [-0.39, 0.29) is 11.3 Å². The molecular formula is C21H17F3N6O5. The molecule has 0 fully saturated rings. The van der Waals surface area contributed by atoms with Crippen LogP contribution in [0.4, 0.5) is 35.9 Å². The summed E-state index contributed by atoms with van der Waals surface area (Å²) in [6, 6.07) is 10.1. The molecule has 1 amide bonds. The van der Waals surface area contributed by atoms with Gasteiger partial charge >= 0.3 is 6.18 Å². The number of benzene rings is 2. The van der Waals surface area contributed by atoms with E-state index in [1.807, 2.05) is 0 Å². The quantitative estimate of drug-likeness (QED) is 0.299. The van der Waals surface area contributed by atoms with Crippen molar-refractivity contribution in [3.8, 4) is 0 Å². The lowest BCUT2D eigenvalue weighted by Crippen LogP contribution is -2.29. The number of pyridine rings is 1. The van der Waals surface area contributed by atoms with Crippen molar-refractivity contribution in [3.63, 3.8) is 0 Å². The SMILES string of the molecule is CC(Nc1ccc(C(=O)NNc2ccc(C(F)(F)F)cc2[N+](=O)[O-])cc1[N+](=O)[O-])c1ccccn1. The molecule has 0 saturated heterocycles. The fourth-order valence-corrected chi connectivity index (χ4v) is 3.05. The lowest BCUT2D eigenvalue weighted by Gasteiger charge is -2.15. The molecular weight excluding hydrogens is 473 g/mol. The van der Waals surface area contributed by atoms with E-state index < -0.39 is 50.6 Å². The Morgan fingerprint density at radius 1 is 0.971 bits per heavy atom. The van der Waals surface area contributed by atoms with Crippen LogP contribution >= 0.6 is 0 Å². The van der Waals surface area contributed by atoms with Gasteiger partial charge in [-0.3, -0.25) is 40.9 Å². The average molecular weight is 490 g/mol. The normalized spacial score (nSPS) is 11.9. The monoisotopic (exact) mass is 490 g/mol. The van der Waals surface area contributed by atoms with E-state index in [4.69, 9.17) is 0 Å². The zero-order valence-electron chi connectivity index (χ0n) is 17.9. The van der Waals surface area contributed by atoms with Gasteiger partial charge in [-0.1, -0.05) is 6.07 Å². The summed E-state index contributed by atoms with van der Waals surface area (Å²) in [5.41, 5.74) is 1.88. The van der Waals surface area contributed by atoms with Gasteiger partial charge in [-0.2, -0.15) is 13.2 Å². The molecule has 35 heavy (non-hydrogen) atoms. The molecule has 3 N–H and O–H groups in total. The number of nitrogens with one attached hydrogen (secondary N) is 3. The Kier molecular flexibility index (Phi) is 7.13. The number of alkyl halides is 3. The summed E-state index contributed by atoms with van der Waals surface area (Å²) in [6.07, 6.45) is -3.22. The first-order valence-corrected chi connectivity index (χ1v) is 9.85. The molecule has 1 aromatic heterocycles. The van der Waals surface area contributed by atoms with E-state index in [1.54, 1.807) is 31.3 Å². The first kappa shape index (κ1) is 24.9. The molecule has 182 valence electrons. The molecule has 3 aromatic rings. The van der Waals surface area contributed by atoms with Crippen molar-refractivity contribution in [2.45, 2.75) is 19.1 Å². The molecule has 3 rings (SSSR count). The molecule has 11 nitrogen and oxygen atoms in total. The predicted octanol–water partition coefficient (Wildman–Crippen LogP) is 4.85. The highest BCUT2D eigenvalue weighted by Crippen LogP contribution is 2.35. The van der Waals surface area contributed by atoms with Crippen LogP contribution in [0.15, 0.2) is 60.8 Å². The number of anilines is 2. The Labute approximate surface area is 195 Å². The van der Waals surface area contributed by atoms with Gasteiger partial charge in [0.05, 0.1) is 27.1 Å². The van der Waals surface area contributed by atoms with Crippen LogP contribution in [0.2, 0.25) is 0 Å². The van der Waals surface area contributed by atoms with Gasteiger partial charge in [-0.05, 0) is 43.3 Å². The number of nitrogens with zero attached hydrogens (tertiary/aromatic N) is 3. The first-order chi connectivity index (χ1) is 16.5. The molecule has 0 saturated carbocycles. The molecule has 2 aromatic carbocycles. The van der Waals surface area contributed by atoms with Crippen LogP contribution in [0.1, 0.15) is 34.6 Å². The van der Waals surface area contributed by atoms with E-state index in [0.717, 1.165) is 12.1 Å². The van der Waals surface area contributed by atoms with E-state index >= 15 is 0 Å². The second-order valence-electron chi connectivity index (χ2n) is 7.18. The number of halogens is 3. The van der Waals surface area contributed by atoms with Gasteiger partial charge in [0.2, 0.25) is 0 Å². The number of rotatable bonds is 8. The minimum atomic E-state index is -4.80. The van der Waals surface area contributed by atoms with Crippen LogP contribution in [0.3, 0.4) is 0 Å². The maximum atomic E-state index is 12.8. The van der Waals surface area contributed by atoms with Crippen molar-refractivity contribution in [3.05, 3.63) is 97.8 Å². The zero-order chi connectivity index (χ0) is 25.8. The lowest BCUT2D eigenvalue weighted by atomic mass is 10.1. The molecule has 0 aliphatic heterocycles. The Morgan fingerprint density at radius 2 is 1.63 bits per heavy atom. The fourth-order valence-electron chi connectivity index (χ4n) is 3.05. The van der Waals surface area contributed by atoms with Crippen molar-refractivity contribution in [1.82, 2.24) is 10.4 Å². The minimum absolute atomic E-state index is 0.121. The highest BCUT2D eigenvalue weighted by molar-refractivity contribution is 5.96. The van der Waals surface area contributed by atoms with Gasteiger partial charge in [0.15, 0.2) is 0 Å². The van der Waals surface area contributed by atoms with Gasteiger partial charge in [0.1, 0.15) is 11.4 Å². The van der Waals surface area contributed by atoms with Crippen LogP contribution in [0.5, 0.6) is 0 Å². The lowest BCUT2D eigenvalue weighted by molar-refractivity contribution is -0.384. The average Bonchev–Trinajstić information content (AvgIpc) is 2.82. The van der Waals surface area contributed by atoms with Crippen molar-refractivity contribution in [2.24, 2.45) is 0 Å². The summed E-state index contributed by atoms with van der Waals surface area (Å²) >= 11 is 0. The molecule has 0 spiro atoms. The van der Waals surface area contributed by atoms with E-state index in [9.17, 15) is 38.2 Å². The van der Waals surface area contributed by atoms with E-state index in [0.29, 0.717) is 17.8 Å². The Morgan fingerprint density at radius 3 is 2.23 bits per heavy atom. The number of nitro benzene ring substituents is 2. The van der Waals surface area contributed by atoms with Crippen molar-refractivity contribution in [2.75, 3.05) is 10.7 Å². The van der Waals surface area contributed by atoms with E-state index in [2.05, 4.69) is 21.2 Å². The number of hydrogen-bond donors (Lipinski definition) is 3. The third-order valence-electron chi connectivity index (χ3n) is 4.79. The molecule has 0 aliphatic carbocycles. The summed E-state index contributed by atoms with van der Waals surface area (Å²) in [6.45, 7) is 1.74. The van der Waals surface area contributed by atoms with Crippen LogP contribution in [0.25, 0.3) is 0 Å². The van der Waals surface area contributed by atoms with Gasteiger partial charge in [-0.15, -0.1) is 0 Å². The Balaban J connectivity index is 1.78. The number of nitro groups is 2. The zero-order valence-corrected chi connectivity index (χ0v) is 17.9. The third kappa shape index (κ3) is 5.98. The molecule has 1 unspecified atom stereocenters. The standard InChI is InChI=1S/C21H17F3N6O5/c1-12(15-4-2-3-9-25-15)26-16-7-5-13(10-18(16)29(32)33)20(31)28-27-17-8-6-14(21(22,23)24)11-19(17)30(34)35/h2-12,26-27H,1H3,(H,28,31). The maximum Gasteiger partial charge on any atom is 0.416 e. The number of carbonyl (C=O) groups excluding carboxylic acids is 1. The molecule has 0 aliphatic rings. The summed E-state index contributed by atoms with van der Waals surface area (Å²) < 4.78 is 38.5. The molecule has 0 radical (unpaired) electrons. The molecule has 1 atom stereocenters. The number of carbonyl (C=O) groups is 1. The minimum Gasteiger partial charge on any atom is -0.371 e.